The number of pyridine rings is 1. The summed E-state index contributed by atoms with van der Waals surface area (Å²) in [5.41, 5.74) is 1.14. The van der Waals surface area contributed by atoms with Gasteiger partial charge in [-0.2, -0.15) is 0 Å². The smallest absolute Gasteiger partial charge is 0.321 e. The molecule has 1 atom stereocenters. The highest BCUT2D eigenvalue weighted by atomic mass is 16.5. The first-order chi connectivity index (χ1) is 13.5. The summed E-state index contributed by atoms with van der Waals surface area (Å²) < 4.78 is 10.1. The molecular weight excluding hydrogens is 362 g/mol. The molecule has 0 aliphatic heterocycles. The van der Waals surface area contributed by atoms with Gasteiger partial charge in [0.1, 0.15) is 23.4 Å². The maximum Gasteiger partial charge on any atom is 0.321 e. The lowest BCUT2D eigenvalue weighted by atomic mass is 10.1. The molecule has 2 rings (SSSR count). The van der Waals surface area contributed by atoms with Gasteiger partial charge in [-0.05, 0) is 49.2 Å². The van der Waals surface area contributed by atoms with E-state index in [0.717, 1.165) is 24.2 Å². The van der Waals surface area contributed by atoms with Crippen LogP contribution in [0.3, 0.4) is 0 Å². The van der Waals surface area contributed by atoms with Crippen LogP contribution in [-0.2, 0) is 16.0 Å². The van der Waals surface area contributed by atoms with E-state index in [-0.39, 0.29) is 6.42 Å². The fourth-order valence-corrected chi connectivity index (χ4v) is 2.56. The van der Waals surface area contributed by atoms with Crippen LogP contribution in [0, 0.1) is 0 Å². The number of aliphatic carboxylic acids is 1. The average Bonchev–Trinajstić information content (AvgIpc) is 2.71. The lowest BCUT2D eigenvalue weighted by Crippen LogP contribution is -2.40. The van der Waals surface area contributed by atoms with E-state index in [9.17, 15) is 14.7 Å². The summed E-state index contributed by atoms with van der Waals surface area (Å²) in [5, 5.41) is 14.8. The van der Waals surface area contributed by atoms with Gasteiger partial charge in [0.25, 0.3) is 0 Å². The molecule has 1 amide bonds. The van der Waals surface area contributed by atoms with Gasteiger partial charge in [0.05, 0.1) is 26.8 Å². The first kappa shape index (κ1) is 21.2. The molecule has 1 unspecified atom stereocenters. The number of nitrogens with zero attached hydrogens (tertiary/aromatic N) is 1. The van der Waals surface area contributed by atoms with Crippen LogP contribution < -0.4 is 20.1 Å². The van der Waals surface area contributed by atoms with E-state index in [1.54, 1.807) is 19.2 Å². The Morgan fingerprint density at radius 2 is 1.75 bits per heavy atom. The van der Waals surface area contributed by atoms with Crippen LogP contribution in [0.15, 0.2) is 42.6 Å². The van der Waals surface area contributed by atoms with E-state index >= 15 is 0 Å². The number of aromatic nitrogens is 1. The van der Waals surface area contributed by atoms with Gasteiger partial charge in [-0.15, -0.1) is 0 Å². The second-order valence-electron chi connectivity index (χ2n) is 6.13. The highest BCUT2D eigenvalue weighted by molar-refractivity contribution is 5.93. The molecule has 2 aromatic rings. The van der Waals surface area contributed by atoms with Gasteiger partial charge in [-0.1, -0.05) is 12.1 Å². The second kappa shape index (κ2) is 10.9. The van der Waals surface area contributed by atoms with Crippen molar-refractivity contribution in [3.05, 3.63) is 48.2 Å². The van der Waals surface area contributed by atoms with Crippen LogP contribution in [0.5, 0.6) is 11.5 Å². The third-order valence-electron chi connectivity index (χ3n) is 4.12. The van der Waals surface area contributed by atoms with E-state index in [0.29, 0.717) is 18.1 Å². The Kier molecular flexibility index (Phi) is 8.23. The maximum absolute atomic E-state index is 12.1. The molecule has 8 heteroatoms. The maximum atomic E-state index is 12.1. The molecule has 1 aromatic heterocycles. The molecule has 0 fully saturated rings. The van der Waals surface area contributed by atoms with Crippen LogP contribution in [0.2, 0.25) is 0 Å². The van der Waals surface area contributed by atoms with Crippen molar-refractivity contribution in [1.29, 1.82) is 0 Å². The Labute approximate surface area is 163 Å². The van der Waals surface area contributed by atoms with Gasteiger partial charge in [-0.3, -0.25) is 9.59 Å². The zero-order chi connectivity index (χ0) is 20.4. The van der Waals surface area contributed by atoms with Gasteiger partial charge in [-0.25, -0.2) is 4.98 Å². The van der Waals surface area contributed by atoms with E-state index in [1.165, 1.54) is 13.3 Å². The number of carboxylic acids is 1. The minimum absolute atomic E-state index is 0.189. The third kappa shape index (κ3) is 6.88. The van der Waals surface area contributed by atoms with Crippen LogP contribution >= 0.6 is 0 Å². The molecule has 0 bridgehead atoms. The zero-order valence-electron chi connectivity index (χ0n) is 16.0. The van der Waals surface area contributed by atoms with Gasteiger partial charge in [0.2, 0.25) is 5.91 Å². The highest BCUT2D eigenvalue weighted by Gasteiger charge is 2.20. The highest BCUT2D eigenvalue weighted by Crippen LogP contribution is 2.13. The number of anilines is 1. The summed E-state index contributed by atoms with van der Waals surface area (Å²) in [6.45, 7) is 0.483. The Morgan fingerprint density at radius 3 is 2.32 bits per heavy atom. The number of carbonyl (C=O) groups is 2. The van der Waals surface area contributed by atoms with Crippen LogP contribution in [0.1, 0.15) is 18.4 Å². The molecule has 150 valence electrons. The minimum Gasteiger partial charge on any atom is -0.497 e. The molecule has 0 radical (unpaired) electrons. The van der Waals surface area contributed by atoms with E-state index in [1.807, 2.05) is 24.3 Å². The number of carbonyl (C=O) groups excluding carboxylic acids is 1. The average molecular weight is 387 g/mol. The van der Waals surface area contributed by atoms with Crippen molar-refractivity contribution in [1.82, 2.24) is 10.3 Å². The van der Waals surface area contributed by atoms with Crippen molar-refractivity contribution in [3.8, 4) is 11.5 Å². The van der Waals surface area contributed by atoms with Gasteiger partial charge in [0, 0.05) is 0 Å². The molecule has 0 saturated carbocycles. The number of hydrogen-bond donors (Lipinski definition) is 3. The van der Waals surface area contributed by atoms with Gasteiger partial charge >= 0.3 is 5.97 Å². The van der Waals surface area contributed by atoms with E-state index in [2.05, 4.69) is 15.6 Å². The molecule has 1 aromatic carbocycles. The summed E-state index contributed by atoms with van der Waals surface area (Å²) in [7, 11) is 3.14. The normalized spacial score (nSPS) is 11.5. The summed E-state index contributed by atoms with van der Waals surface area (Å²) in [6, 6.07) is 10.0. The summed E-state index contributed by atoms with van der Waals surface area (Å²) in [5.74, 6) is 0.217. The fraction of sp³-hybridized carbons (Fsp3) is 0.350. The monoisotopic (exact) mass is 387 g/mol. The Balaban J connectivity index is 1.76. The van der Waals surface area contributed by atoms with Crippen molar-refractivity contribution in [2.45, 2.75) is 25.3 Å². The molecule has 0 aliphatic carbocycles. The van der Waals surface area contributed by atoms with Crippen LogP contribution in [-0.4, -0.2) is 48.8 Å². The number of amides is 1. The molecular formula is C20H25N3O5. The molecule has 3 N–H and O–H groups in total. The molecule has 1 heterocycles. The van der Waals surface area contributed by atoms with Crippen LogP contribution in [0.25, 0.3) is 0 Å². The number of aryl methyl sites for hydroxylation is 1. The first-order valence-corrected chi connectivity index (χ1v) is 8.91. The second-order valence-corrected chi connectivity index (χ2v) is 6.13. The predicted molar refractivity (Wildman–Crippen MR) is 105 cm³/mol. The number of methoxy groups -OCH3 is 2. The molecule has 28 heavy (non-hydrogen) atoms. The molecule has 0 saturated heterocycles. The number of nitrogens with one attached hydrogen (secondary N) is 2. The quantitative estimate of drug-likeness (QED) is 0.507. The van der Waals surface area contributed by atoms with Crippen molar-refractivity contribution < 1.29 is 24.2 Å². The fourth-order valence-electron chi connectivity index (χ4n) is 2.56. The number of carboxylic acid groups (broad SMARTS) is 1. The Morgan fingerprint density at radius 1 is 1.07 bits per heavy atom. The summed E-state index contributed by atoms with van der Waals surface area (Å²) >= 11 is 0. The van der Waals surface area contributed by atoms with E-state index in [4.69, 9.17) is 9.47 Å². The number of benzene rings is 1. The van der Waals surface area contributed by atoms with Crippen molar-refractivity contribution >= 4 is 17.7 Å². The topological polar surface area (TPSA) is 110 Å². The van der Waals surface area contributed by atoms with Crippen molar-refractivity contribution in [2.24, 2.45) is 0 Å². The largest absolute Gasteiger partial charge is 0.497 e. The molecule has 0 spiro atoms. The number of rotatable bonds is 11. The zero-order valence-corrected chi connectivity index (χ0v) is 16.0. The molecule has 8 nitrogen and oxygen atoms in total. The SMILES string of the molecule is COc1ccc(CCCNC(CC(=O)Nc2ccc(OC)cn2)C(=O)O)cc1. The predicted octanol–water partition coefficient (Wildman–Crippen LogP) is 2.10. The minimum atomic E-state index is -1.07. The van der Waals surface area contributed by atoms with Crippen LogP contribution in [0.4, 0.5) is 5.82 Å². The Hall–Kier alpha value is -3.13. The van der Waals surface area contributed by atoms with Crippen molar-refractivity contribution in [3.63, 3.8) is 0 Å². The number of hydrogen-bond acceptors (Lipinski definition) is 6. The molecule has 0 aliphatic rings. The summed E-state index contributed by atoms with van der Waals surface area (Å²) in [4.78, 5) is 27.5. The van der Waals surface area contributed by atoms with Gasteiger partial charge < -0.3 is 25.2 Å². The lowest BCUT2D eigenvalue weighted by molar-refractivity contribution is -0.141. The van der Waals surface area contributed by atoms with Crippen molar-refractivity contribution in [2.75, 3.05) is 26.1 Å². The lowest BCUT2D eigenvalue weighted by Gasteiger charge is -2.14. The summed E-state index contributed by atoms with van der Waals surface area (Å²) in [6.07, 6.45) is 2.83. The first-order valence-electron chi connectivity index (χ1n) is 8.91. The third-order valence-corrected chi connectivity index (χ3v) is 4.12. The standard InChI is InChI=1S/C20H25N3O5/c1-27-15-7-5-14(6-8-15)4-3-11-21-17(20(25)26)12-19(24)23-18-10-9-16(28-2)13-22-18/h5-10,13,17,21H,3-4,11-12H2,1-2H3,(H,25,26)(H,22,23,24). The Bertz CT molecular complexity index is 762. The van der Waals surface area contributed by atoms with Gasteiger partial charge in [0.15, 0.2) is 0 Å². The number of ether oxygens (including phenoxy) is 2. The van der Waals surface area contributed by atoms with E-state index < -0.39 is 17.9 Å².